The minimum Gasteiger partial charge on any atom is -0.284 e. The van der Waals surface area contributed by atoms with Crippen LogP contribution in [0.4, 0.5) is 5.69 Å². The number of rotatable bonds is 5. The maximum Gasteiger partial charge on any atom is 0.232 e. The molecule has 0 atom stereocenters. The van der Waals surface area contributed by atoms with Crippen LogP contribution >= 0.6 is 0 Å². The zero-order chi connectivity index (χ0) is 12.9. The highest BCUT2D eigenvalue weighted by atomic mass is 32.2. The molecule has 5 heteroatoms. The average Bonchev–Trinajstić information content (AvgIpc) is 2.26. The van der Waals surface area contributed by atoms with Gasteiger partial charge in [-0.05, 0) is 30.5 Å². The van der Waals surface area contributed by atoms with E-state index >= 15 is 0 Å². The van der Waals surface area contributed by atoms with Crippen LogP contribution in [0.15, 0.2) is 24.3 Å². The molecule has 0 aliphatic heterocycles. The second kappa shape index (κ2) is 5.69. The van der Waals surface area contributed by atoms with Gasteiger partial charge in [0.15, 0.2) is 0 Å². The van der Waals surface area contributed by atoms with Crippen molar-refractivity contribution < 1.29 is 8.42 Å². The summed E-state index contributed by atoms with van der Waals surface area (Å²) in [4.78, 5) is 0. The van der Waals surface area contributed by atoms with E-state index in [4.69, 9.17) is 5.26 Å². The predicted molar refractivity (Wildman–Crippen MR) is 68.0 cm³/mol. The molecule has 0 saturated carbocycles. The number of nitriles is 1. The molecule has 0 amide bonds. The van der Waals surface area contributed by atoms with Crippen molar-refractivity contribution in [1.29, 1.82) is 5.26 Å². The molecule has 0 radical (unpaired) electrons. The Labute approximate surface area is 102 Å². The maximum atomic E-state index is 11.7. The van der Waals surface area contributed by atoms with Crippen molar-refractivity contribution >= 4 is 15.7 Å². The van der Waals surface area contributed by atoms with E-state index < -0.39 is 10.0 Å². The molecular weight excluding hydrogens is 236 g/mol. The van der Waals surface area contributed by atoms with Crippen molar-refractivity contribution in [2.45, 2.75) is 20.3 Å². The number of hydrogen-bond acceptors (Lipinski definition) is 3. The summed E-state index contributed by atoms with van der Waals surface area (Å²) >= 11 is 0. The first-order valence-electron chi connectivity index (χ1n) is 5.43. The number of nitrogens with zero attached hydrogens (tertiary/aromatic N) is 1. The van der Waals surface area contributed by atoms with Gasteiger partial charge in [0.2, 0.25) is 10.0 Å². The van der Waals surface area contributed by atoms with Crippen LogP contribution in [0.25, 0.3) is 0 Å². The van der Waals surface area contributed by atoms with E-state index in [1.165, 1.54) is 6.07 Å². The van der Waals surface area contributed by atoms with Crippen molar-refractivity contribution in [3.63, 3.8) is 0 Å². The first-order chi connectivity index (χ1) is 7.93. The lowest BCUT2D eigenvalue weighted by Gasteiger charge is -2.09. The van der Waals surface area contributed by atoms with Crippen LogP contribution in [-0.4, -0.2) is 14.2 Å². The van der Waals surface area contributed by atoms with Gasteiger partial charge in [-0.2, -0.15) is 5.26 Å². The molecule has 0 unspecified atom stereocenters. The van der Waals surface area contributed by atoms with Crippen LogP contribution in [0, 0.1) is 17.2 Å². The van der Waals surface area contributed by atoms with Gasteiger partial charge in [-0.15, -0.1) is 0 Å². The Bertz CT molecular complexity index is 516. The van der Waals surface area contributed by atoms with E-state index in [0.717, 1.165) is 0 Å². The monoisotopic (exact) mass is 252 g/mol. The molecule has 92 valence electrons. The largest absolute Gasteiger partial charge is 0.284 e. The van der Waals surface area contributed by atoms with E-state index in [1.54, 1.807) is 18.2 Å². The Morgan fingerprint density at radius 2 is 2.12 bits per heavy atom. The third-order valence-electron chi connectivity index (χ3n) is 2.23. The first-order valence-corrected chi connectivity index (χ1v) is 7.09. The van der Waals surface area contributed by atoms with Crippen LogP contribution in [0.2, 0.25) is 0 Å². The van der Waals surface area contributed by atoms with Crippen LogP contribution < -0.4 is 4.72 Å². The molecule has 0 aromatic heterocycles. The summed E-state index contributed by atoms with van der Waals surface area (Å²) in [5.41, 5.74) is 0.877. The smallest absolute Gasteiger partial charge is 0.232 e. The summed E-state index contributed by atoms with van der Waals surface area (Å²) in [6.07, 6.45) is 0.618. The van der Waals surface area contributed by atoms with Gasteiger partial charge in [0.1, 0.15) is 0 Å². The molecule has 0 aliphatic rings. The van der Waals surface area contributed by atoms with Crippen LogP contribution in [0.5, 0.6) is 0 Å². The molecule has 1 N–H and O–H groups in total. The Morgan fingerprint density at radius 3 is 2.71 bits per heavy atom. The van der Waals surface area contributed by atoms with E-state index in [0.29, 0.717) is 23.6 Å². The third kappa shape index (κ3) is 4.87. The van der Waals surface area contributed by atoms with Crippen molar-refractivity contribution in [3.05, 3.63) is 29.8 Å². The van der Waals surface area contributed by atoms with Gasteiger partial charge in [-0.3, -0.25) is 4.72 Å². The standard InChI is InChI=1S/C12H16N2O2S/c1-10(2)6-7-17(15,16)14-12-5-3-4-11(8-12)9-13/h3-5,8,10,14H,6-7H2,1-2H3. The zero-order valence-electron chi connectivity index (χ0n) is 9.97. The van der Waals surface area contributed by atoms with Gasteiger partial charge in [-0.25, -0.2) is 8.42 Å². The number of hydrogen-bond donors (Lipinski definition) is 1. The predicted octanol–water partition coefficient (Wildman–Crippen LogP) is 2.35. The van der Waals surface area contributed by atoms with Gasteiger partial charge >= 0.3 is 0 Å². The molecule has 4 nitrogen and oxygen atoms in total. The highest BCUT2D eigenvalue weighted by Gasteiger charge is 2.11. The van der Waals surface area contributed by atoms with Gasteiger partial charge in [0.05, 0.1) is 17.4 Å². The van der Waals surface area contributed by atoms with Crippen molar-refractivity contribution in [2.24, 2.45) is 5.92 Å². The van der Waals surface area contributed by atoms with Crippen LogP contribution in [0.1, 0.15) is 25.8 Å². The molecule has 1 aromatic rings. The molecule has 0 spiro atoms. The molecule has 0 fully saturated rings. The quantitative estimate of drug-likeness (QED) is 0.874. The molecule has 0 heterocycles. The van der Waals surface area contributed by atoms with Gasteiger partial charge in [-0.1, -0.05) is 19.9 Å². The van der Waals surface area contributed by atoms with Crippen LogP contribution in [-0.2, 0) is 10.0 Å². The Kier molecular flexibility index (Phi) is 4.53. The topological polar surface area (TPSA) is 70.0 Å². The zero-order valence-corrected chi connectivity index (χ0v) is 10.8. The lowest BCUT2D eigenvalue weighted by molar-refractivity contribution is 0.578. The lowest BCUT2D eigenvalue weighted by atomic mass is 10.2. The summed E-state index contributed by atoms with van der Waals surface area (Å²) in [6, 6.07) is 8.40. The Hall–Kier alpha value is -1.54. The van der Waals surface area contributed by atoms with E-state index in [9.17, 15) is 8.42 Å². The summed E-state index contributed by atoms with van der Waals surface area (Å²) < 4.78 is 25.9. The molecule has 0 saturated heterocycles. The van der Waals surface area contributed by atoms with E-state index in [2.05, 4.69) is 4.72 Å². The highest BCUT2D eigenvalue weighted by Crippen LogP contribution is 2.13. The minimum absolute atomic E-state index is 0.0987. The lowest BCUT2D eigenvalue weighted by Crippen LogP contribution is -2.17. The number of nitrogens with one attached hydrogen (secondary N) is 1. The second-order valence-corrected chi connectivity index (χ2v) is 6.14. The highest BCUT2D eigenvalue weighted by molar-refractivity contribution is 7.92. The maximum absolute atomic E-state index is 11.7. The van der Waals surface area contributed by atoms with Crippen molar-refractivity contribution in [3.8, 4) is 6.07 Å². The van der Waals surface area contributed by atoms with Gasteiger partial charge in [0, 0.05) is 5.69 Å². The number of anilines is 1. The van der Waals surface area contributed by atoms with Crippen molar-refractivity contribution in [1.82, 2.24) is 0 Å². The SMILES string of the molecule is CC(C)CCS(=O)(=O)Nc1cccc(C#N)c1. The summed E-state index contributed by atoms with van der Waals surface area (Å²) in [7, 11) is -3.31. The molecule has 1 aromatic carbocycles. The fourth-order valence-electron chi connectivity index (χ4n) is 1.27. The molecule has 0 bridgehead atoms. The normalized spacial score (nSPS) is 11.2. The first kappa shape index (κ1) is 13.5. The number of sulfonamides is 1. The van der Waals surface area contributed by atoms with Crippen LogP contribution in [0.3, 0.4) is 0 Å². The van der Waals surface area contributed by atoms with E-state index in [-0.39, 0.29) is 5.75 Å². The summed E-state index contributed by atoms with van der Waals surface area (Å²) in [5.74, 6) is 0.443. The van der Waals surface area contributed by atoms with Gasteiger partial charge in [0.25, 0.3) is 0 Å². The Balaban J connectivity index is 2.73. The summed E-state index contributed by atoms with van der Waals surface area (Å²) in [5, 5.41) is 8.71. The molecular formula is C12H16N2O2S. The Morgan fingerprint density at radius 1 is 1.41 bits per heavy atom. The van der Waals surface area contributed by atoms with E-state index in [1.807, 2.05) is 19.9 Å². The average molecular weight is 252 g/mol. The van der Waals surface area contributed by atoms with Crippen molar-refractivity contribution in [2.75, 3.05) is 10.5 Å². The third-order valence-corrected chi connectivity index (χ3v) is 3.55. The molecule has 0 aliphatic carbocycles. The molecule has 17 heavy (non-hydrogen) atoms. The van der Waals surface area contributed by atoms with Gasteiger partial charge < -0.3 is 0 Å². The summed E-state index contributed by atoms with van der Waals surface area (Å²) in [6.45, 7) is 3.96. The number of benzene rings is 1. The fourth-order valence-corrected chi connectivity index (χ4v) is 2.64. The fraction of sp³-hybridized carbons (Fsp3) is 0.417. The molecule has 1 rings (SSSR count). The second-order valence-electron chi connectivity index (χ2n) is 4.30. The minimum atomic E-state index is -3.31.